The molecule has 0 saturated carbocycles. The summed E-state index contributed by atoms with van der Waals surface area (Å²) in [6, 6.07) is 14.2. The fourth-order valence-corrected chi connectivity index (χ4v) is 4.84. The molecule has 1 aliphatic heterocycles. The van der Waals surface area contributed by atoms with Crippen molar-refractivity contribution in [3.05, 3.63) is 98.8 Å². The lowest BCUT2D eigenvalue weighted by Crippen LogP contribution is -2.38. The minimum atomic E-state index is -0.397. The van der Waals surface area contributed by atoms with Crippen molar-refractivity contribution in [2.75, 3.05) is 13.7 Å². The number of amides is 1. The lowest BCUT2D eigenvalue weighted by atomic mass is 10.0. The third kappa shape index (κ3) is 4.37. The van der Waals surface area contributed by atoms with Crippen molar-refractivity contribution >= 4 is 11.6 Å². The third-order valence-corrected chi connectivity index (χ3v) is 6.69. The van der Waals surface area contributed by atoms with Crippen molar-refractivity contribution in [1.29, 1.82) is 0 Å². The Kier molecular flexibility index (Phi) is 6.56. The minimum absolute atomic E-state index is 0.0461. The molecule has 2 aromatic heterocycles. The van der Waals surface area contributed by atoms with Crippen LogP contribution in [0.4, 0.5) is 4.39 Å². The highest BCUT2D eigenvalue weighted by Crippen LogP contribution is 2.23. The van der Waals surface area contributed by atoms with Crippen molar-refractivity contribution < 1.29 is 13.9 Å². The zero-order chi connectivity index (χ0) is 25.2. The van der Waals surface area contributed by atoms with E-state index in [0.29, 0.717) is 41.8 Å². The Labute approximate surface area is 207 Å². The van der Waals surface area contributed by atoms with Gasteiger partial charge in [0, 0.05) is 50.4 Å². The van der Waals surface area contributed by atoms with Gasteiger partial charge in [-0.25, -0.2) is 4.39 Å². The summed E-state index contributed by atoms with van der Waals surface area (Å²) in [4.78, 5) is 28.7. The maximum Gasteiger partial charge on any atom is 0.279 e. The molecule has 0 aliphatic carbocycles. The fourth-order valence-electron chi connectivity index (χ4n) is 4.84. The summed E-state index contributed by atoms with van der Waals surface area (Å²) in [5.74, 6) is 0.0338. The predicted octanol–water partition coefficient (Wildman–Crippen LogP) is 3.15. The van der Waals surface area contributed by atoms with E-state index in [1.807, 2.05) is 35.8 Å². The number of hydrogen-bond acceptors (Lipinski definition) is 5. The predicted molar refractivity (Wildman–Crippen MR) is 134 cm³/mol. The second-order valence-corrected chi connectivity index (χ2v) is 8.85. The molecule has 1 N–H and O–H groups in total. The molecule has 2 aromatic carbocycles. The molecule has 4 aromatic rings. The number of methoxy groups -OCH3 is 1. The van der Waals surface area contributed by atoms with E-state index in [1.165, 1.54) is 16.8 Å². The maximum absolute atomic E-state index is 14.0. The molecule has 36 heavy (non-hydrogen) atoms. The molecule has 0 saturated heterocycles. The maximum atomic E-state index is 14.0. The van der Waals surface area contributed by atoms with Gasteiger partial charge in [-0.15, -0.1) is 0 Å². The number of fused-ring (bicyclic) bond motifs is 2. The van der Waals surface area contributed by atoms with Crippen molar-refractivity contribution in [2.45, 2.75) is 39.5 Å². The number of ether oxygens (including phenoxy) is 1. The first-order chi connectivity index (χ1) is 17.5. The third-order valence-electron chi connectivity index (χ3n) is 6.69. The Hall–Kier alpha value is -3.98. The number of carbonyl (C=O) groups is 1. The second kappa shape index (κ2) is 9.94. The lowest BCUT2D eigenvalue weighted by molar-refractivity contribution is 0.0951. The minimum Gasteiger partial charge on any atom is -0.497 e. The molecule has 0 atom stereocenters. The smallest absolute Gasteiger partial charge is 0.279 e. The number of hydrogen-bond donors (Lipinski definition) is 1. The summed E-state index contributed by atoms with van der Waals surface area (Å²) in [6.45, 7) is 4.63. The molecule has 186 valence electrons. The molecule has 8 nitrogen and oxygen atoms in total. The Morgan fingerprint density at radius 1 is 1.17 bits per heavy atom. The van der Waals surface area contributed by atoms with E-state index >= 15 is 0 Å². The van der Waals surface area contributed by atoms with Crippen molar-refractivity contribution in [2.24, 2.45) is 0 Å². The number of nitrogens with zero attached hydrogens (tertiary/aromatic N) is 4. The molecule has 0 bridgehead atoms. The number of benzene rings is 2. The first-order valence-corrected chi connectivity index (χ1v) is 12.0. The summed E-state index contributed by atoms with van der Waals surface area (Å²) in [7, 11) is 1.64. The summed E-state index contributed by atoms with van der Waals surface area (Å²) in [5, 5.41) is 7.04. The van der Waals surface area contributed by atoms with E-state index in [0.717, 1.165) is 30.1 Å². The van der Waals surface area contributed by atoms with Gasteiger partial charge in [0.15, 0.2) is 5.65 Å². The second-order valence-electron chi connectivity index (χ2n) is 8.85. The van der Waals surface area contributed by atoms with E-state index in [2.05, 4.69) is 15.3 Å². The highest BCUT2D eigenvalue weighted by Gasteiger charge is 2.27. The Bertz CT molecular complexity index is 1480. The zero-order valence-corrected chi connectivity index (χ0v) is 20.3. The van der Waals surface area contributed by atoms with Crippen LogP contribution in [-0.2, 0) is 32.6 Å². The summed E-state index contributed by atoms with van der Waals surface area (Å²) in [6.07, 6.45) is 2.10. The normalized spacial score (nSPS) is 13.5. The van der Waals surface area contributed by atoms with Crippen molar-refractivity contribution in [3.8, 4) is 5.75 Å². The molecule has 0 radical (unpaired) electrons. The first kappa shape index (κ1) is 23.7. The van der Waals surface area contributed by atoms with Gasteiger partial charge in [-0.1, -0.05) is 30.3 Å². The summed E-state index contributed by atoms with van der Waals surface area (Å²) < 4.78 is 22.5. The lowest BCUT2D eigenvalue weighted by Gasteiger charge is -2.30. The van der Waals surface area contributed by atoms with Gasteiger partial charge in [0.1, 0.15) is 17.1 Å². The largest absolute Gasteiger partial charge is 0.497 e. The van der Waals surface area contributed by atoms with Gasteiger partial charge in [-0.05, 0) is 30.7 Å². The van der Waals surface area contributed by atoms with E-state index < -0.39 is 5.91 Å². The van der Waals surface area contributed by atoms with Crippen LogP contribution in [-0.4, -0.2) is 38.6 Å². The zero-order valence-electron chi connectivity index (χ0n) is 20.3. The van der Waals surface area contributed by atoms with Gasteiger partial charge in [-0.3, -0.25) is 14.5 Å². The van der Waals surface area contributed by atoms with E-state index in [-0.39, 0.29) is 17.9 Å². The number of aromatic nitrogens is 3. The number of aryl methyl sites for hydroxylation is 1. The first-order valence-electron chi connectivity index (χ1n) is 12.0. The van der Waals surface area contributed by atoms with Crippen LogP contribution < -0.4 is 15.6 Å². The molecule has 9 heteroatoms. The van der Waals surface area contributed by atoms with Gasteiger partial charge in [0.2, 0.25) is 0 Å². The van der Waals surface area contributed by atoms with Crippen LogP contribution in [0.25, 0.3) is 5.65 Å². The molecule has 1 aliphatic rings. The highest BCUT2D eigenvalue weighted by molar-refractivity contribution is 5.99. The van der Waals surface area contributed by atoms with Crippen LogP contribution >= 0.6 is 0 Å². The van der Waals surface area contributed by atoms with Crippen LogP contribution in [0, 0.1) is 5.82 Å². The number of rotatable bonds is 7. The van der Waals surface area contributed by atoms with Gasteiger partial charge >= 0.3 is 0 Å². The Balaban J connectivity index is 1.42. The van der Waals surface area contributed by atoms with Crippen molar-refractivity contribution in [1.82, 2.24) is 24.4 Å². The average Bonchev–Trinajstić information content (AvgIpc) is 3.34. The van der Waals surface area contributed by atoms with Crippen LogP contribution in [0.1, 0.15) is 39.7 Å². The highest BCUT2D eigenvalue weighted by atomic mass is 19.1. The SMILES string of the molecule is CCn1c2c(c(=O)n3ncc(C(=O)NCc4ccccc4F)c13)CN(Cc1ccc(OC)cc1)CC2. The van der Waals surface area contributed by atoms with Crippen molar-refractivity contribution in [3.63, 3.8) is 0 Å². The van der Waals surface area contributed by atoms with Crippen LogP contribution in [0.15, 0.2) is 59.5 Å². The molecule has 0 fully saturated rings. The molecule has 3 heterocycles. The molecule has 0 spiro atoms. The van der Waals surface area contributed by atoms with Crippen LogP contribution in [0.5, 0.6) is 5.75 Å². The Morgan fingerprint density at radius 2 is 1.94 bits per heavy atom. The molecule has 1 amide bonds. The molecular formula is C27H28FN5O3. The molecule has 0 unspecified atom stereocenters. The fraction of sp³-hybridized carbons (Fsp3) is 0.296. The standard InChI is InChI=1S/C27H28FN5O3/c1-3-32-24-12-13-31(16-18-8-10-20(36-2)11-9-18)17-22(24)27(35)33-26(32)21(15-30-33)25(34)29-14-19-6-4-5-7-23(19)28/h4-11,15H,3,12-14,16-17H2,1-2H3,(H,29,34). The van der Waals surface area contributed by atoms with Gasteiger partial charge in [0.25, 0.3) is 11.5 Å². The monoisotopic (exact) mass is 489 g/mol. The van der Waals surface area contributed by atoms with Gasteiger partial charge in [0.05, 0.1) is 18.9 Å². The van der Waals surface area contributed by atoms with Crippen LogP contribution in [0.2, 0.25) is 0 Å². The average molecular weight is 490 g/mol. The van der Waals surface area contributed by atoms with Gasteiger partial charge < -0.3 is 14.6 Å². The quantitative estimate of drug-likeness (QED) is 0.431. The van der Waals surface area contributed by atoms with E-state index in [1.54, 1.807) is 25.3 Å². The number of halogens is 1. The number of nitrogens with one attached hydrogen (secondary N) is 1. The van der Waals surface area contributed by atoms with Crippen LogP contribution in [0.3, 0.4) is 0 Å². The summed E-state index contributed by atoms with van der Waals surface area (Å²) >= 11 is 0. The molecular weight excluding hydrogens is 461 g/mol. The van der Waals surface area contributed by atoms with Gasteiger partial charge in [-0.2, -0.15) is 9.61 Å². The van der Waals surface area contributed by atoms with E-state index in [9.17, 15) is 14.0 Å². The topological polar surface area (TPSA) is 80.9 Å². The molecule has 5 rings (SSSR count). The Morgan fingerprint density at radius 3 is 2.67 bits per heavy atom. The van der Waals surface area contributed by atoms with E-state index in [4.69, 9.17) is 4.74 Å². The summed E-state index contributed by atoms with van der Waals surface area (Å²) in [5.41, 5.74) is 3.73. The number of carbonyl (C=O) groups excluding carboxylic acids is 1.